The van der Waals surface area contributed by atoms with E-state index < -0.39 is 9.84 Å². The van der Waals surface area contributed by atoms with E-state index in [9.17, 15) is 8.42 Å². The fraction of sp³-hybridized carbons (Fsp3) is 1.00. The molecule has 2 atom stereocenters. The smallest absolute Gasteiger partial charge is 0.148 e. The van der Waals surface area contributed by atoms with Crippen LogP contribution in [0.2, 0.25) is 0 Å². The zero-order valence-electron chi connectivity index (χ0n) is 10.2. The molecule has 96 valence electrons. The Kier molecular flexibility index (Phi) is 6.15. The van der Waals surface area contributed by atoms with Crippen LogP contribution >= 0.6 is 11.8 Å². The molecular formula is C11H23NO2S2. The van der Waals surface area contributed by atoms with Crippen LogP contribution in [0.4, 0.5) is 0 Å². The van der Waals surface area contributed by atoms with Crippen molar-refractivity contribution >= 4 is 21.6 Å². The molecule has 5 heteroatoms. The molecule has 1 aliphatic rings. The third-order valence-corrected chi connectivity index (χ3v) is 5.48. The highest BCUT2D eigenvalue weighted by Gasteiger charge is 2.24. The highest BCUT2D eigenvalue weighted by molar-refractivity contribution is 8.00. The zero-order chi connectivity index (χ0) is 12.0. The summed E-state index contributed by atoms with van der Waals surface area (Å²) < 4.78 is 21.9. The first kappa shape index (κ1) is 14.3. The van der Waals surface area contributed by atoms with Gasteiger partial charge in [-0.2, -0.15) is 11.8 Å². The van der Waals surface area contributed by atoms with Gasteiger partial charge in [-0.1, -0.05) is 6.42 Å². The van der Waals surface area contributed by atoms with Gasteiger partial charge in [0.25, 0.3) is 0 Å². The van der Waals surface area contributed by atoms with Crippen molar-refractivity contribution in [3.63, 3.8) is 0 Å². The van der Waals surface area contributed by atoms with Gasteiger partial charge in [-0.25, -0.2) is 8.42 Å². The number of nitrogens with one attached hydrogen (secondary N) is 1. The van der Waals surface area contributed by atoms with E-state index >= 15 is 0 Å². The summed E-state index contributed by atoms with van der Waals surface area (Å²) >= 11 is 1.77. The van der Waals surface area contributed by atoms with E-state index in [0.29, 0.717) is 11.8 Å². The van der Waals surface area contributed by atoms with Crippen molar-refractivity contribution in [3.8, 4) is 0 Å². The first-order chi connectivity index (χ1) is 7.53. The summed E-state index contributed by atoms with van der Waals surface area (Å²) in [5.74, 6) is 2.96. The Morgan fingerprint density at radius 3 is 2.69 bits per heavy atom. The molecule has 0 aromatic heterocycles. The van der Waals surface area contributed by atoms with Crippen LogP contribution in [0, 0.1) is 5.92 Å². The van der Waals surface area contributed by atoms with Gasteiger partial charge in [0, 0.05) is 18.1 Å². The number of rotatable bonds is 7. The van der Waals surface area contributed by atoms with Crippen molar-refractivity contribution in [3.05, 3.63) is 0 Å². The van der Waals surface area contributed by atoms with Gasteiger partial charge in [-0.15, -0.1) is 0 Å². The lowest BCUT2D eigenvalue weighted by Crippen LogP contribution is -2.29. The molecule has 0 saturated heterocycles. The lowest BCUT2D eigenvalue weighted by atomic mass is 10.0. The summed E-state index contributed by atoms with van der Waals surface area (Å²) in [4.78, 5) is 0. The van der Waals surface area contributed by atoms with Crippen LogP contribution < -0.4 is 5.32 Å². The normalized spacial score (nSPS) is 26.1. The van der Waals surface area contributed by atoms with Crippen LogP contribution in [0.3, 0.4) is 0 Å². The molecule has 0 radical (unpaired) electrons. The van der Waals surface area contributed by atoms with Gasteiger partial charge in [-0.05, 0) is 38.0 Å². The van der Waals surface area contributed by atoms with E-state index in [1.54, 1.807) is 11.8 Å². The number of thioether (sulfide) groups is 1. The minimum absolute atomic E-state index is 0.317. The molecule has 1 saturated carbocycles. The quantitative estimate of drug-likeness (QED) is 0.709. The molecular weight excluding hydrogens is 242 g/mol. The maximum Gasteiger partial charge on any atom is 0.148 e. The lowest BCUT2D eigenvalue weighted by molar-refractivity contribution is 0.417. The van der Waals surface area contributed by atoms with Gasteiger partial charge in [0.15, 0.2) is 0 Å². The largest absolute Gasteiger partial charge is 0.317 e. The highest BCUT2D eigenvalue weighted by Crippen LogP contribution is 2.29. The Labute approximate surface area is 104 Å². The van der Waals surface area contributed by atoms with Crippen LogP contribution in [0.25, 0.3) is 0 Å². The Bertz CT molecular complexity index is 290. The number of hydrogen-bond acceptors (Lipinski definition) is 4. The molecule has 0 amide bonds. The molecule has 0 aromatic carbocycles. The average molecular weight is 265 g/mol. The van der Waals surface area contributed by atoms with Crippen molar-refractivity contribution in [2.75, 3.05) is 30.6 Å². The predicted molar refractivity (Wildman–Crippen MR) is 71.8 cm³/mol. The third kappa shape index (κ3) is 5.55. The van der Waals surface area contributed by atoms with Crippen LogP contribution in [-0.4, -0.2) is 45.0 Å². The molecule has 1 aliphatic carbocycles. The van der Waals surface area contributed by atoms with Gasteiger partial charge in [0.05, 0.1) is 5.75 Å². The summed E-state index contributed by atoms with van der Waals surface area (Å²) in [6.07, 6.45) is 6.50. The topological polar surface area (TPSA) is 46.2 Å². The van der Waals surface area contributed by atoms with Crippen LogP contribution in [0.5, 0.6) is 0 Å². The van der Waals surface area contributed by atoms with Gasteiger partial charge < -0.3 is 5.32 Å². The summed E-state index contributed by atoms with van der Waals surface area (Å²) in [5.41, 5.74) is 0. The number of hydrogen-bond donors (Lipinski definition) is 1. The Morgan fingerprint density at radius 1 is 1.31 bits per heavy atom. The Hall–Kier alpha value is 0.260. The van der Waals surface area contributed by atoms with E-state index in [2.05, 4.69) is 5.32 Å². The minimum Gasteiger partial charge on any atom is -0.317 e. The molecule has 1 fully saturated rings. The van der Waals surface area contributed by atoms with E-state index in [1.807, 2.05) is 7.05 Å². The SMILES string of the molecule is CNC1CCCC1CCSCCS(C)(=O)=O. The lowest BCUT2D eigenvalue weighted by Gasteiger charge is -2.18. The summed E-state index contributed by atoms with van der Waals surface area (Å²) in [6, 6.07) is 0.690. The summed E-state index contributed by atoms with van der Waals surface area (Å²) in [5, 5.41) is 3.37. The number of sulfone groups is 1. The van der Waals surface area contributed by atoms with E-state index in [-0.39, 0.29) is 0 Å². The van der Waals surface area contributed by atoms with Crippen molar-refractivity contribution in [2.24, 2.45) is 5.92 Å². The van der Waals surface area contributed by atoms with Gasteiger partial charge >= 0.3 is 0 Å². The second kappa shape index (κ2) is 6.87. The first-order valence-corrected chi connectivity index (χ1v) is 9.17. The molecule has 16 heavy (non-hydrogen) atoms. The second-order valence-electron chi connectivity index (χ2n) is 4.62. The van der Waals surface area contributed by atoms with Gasteiger partial charge in [0.2, 0.25) is 0 Å². The first-order valence-electron chi connectivity index (χ1n) is 5.95. The highest BCUT2D eigenvalue weighted by atomic mass is 32.2. The van der Waals surface area contributed by atoms with Crippen LogP contribution in [0.1, 0.15) is 25.7 Å². The molecule has 0 spiro atoms. The van der Waals surface area contributed by atoms with Crippen molar-refractivity contribution in [1.29, 1.82) is 0 Å². The summed E-state index contributed by atoms with van der Waals surface area (Å²) in [6.45, 7) is 0. The predicted octanol–water partition coefficient (Wildman–Crippen LogP) is 1.54. The second-order valence-corrected chi connectivity index (χ2v) is 8.10. The van der Waals surface area contributed by atoms with Gasteiger partial charge in [-0.3, -0.25) is 0 Å². The monoisotopic (exact) mass is 265 g/mol. The Morgan fingerprint density at radius 2 is 2.06 bits per heavy atom. The van der Waals surface area contributed by atoms with Crippen molar-refractivity contribution < 1.29 is 8.42 Å². The molecule has 3 nitrogen and oxygen atoms in total. The molecule has 0 aromatic rings. The average Bonchev–Trinajstić information content (AvgIpc) is 2.63. The molecule has 0 bridgehead atoms. The molecule has 0 heterocycles. The molecule has 1 rings (SSSR count). The van der Waals surface area contributed by atoms with Crippen LogP contribution in [-0.2, 0) is 9.84 Å². The third-order valence-electron chi connectivity index (χ3n) is 3.26. The van der Waals surface area contributed by atoms with Crippen molar-refractivity contribution in [2.45, 2.75) is 31.7 Å². The van der Waals surface area contributed by atoms with E-state index in [0.717, 1.165) is 17.4 Å². The zero-order valence-corrected chi connectivity index (χ0v) is 11.9. The molecule has 1 N–H and O–H groups in total. The van der Waals surface area contributed by atoms with E-state index in [4.69, 9.17) is 0 Å². The molecule has 2 unspecified atom stereocenters. The molecule has 0 aliphatic heterocycles. The fourth-order valence-corrected chi connectivity index (χ4v) is 4.67. The maximum absolute atomic E-state index is 10.9. The fourth-order valence-electron chi connectivity index (χ4n) is 2.31. The van der Waals surface area contributed by atoms with Crippen molar-refractivity contribution in [1.82, 2.24) is 5.32 Å². The Balaban J connectivity index is 2.07. The summed E-state index contributed by atoms with van der Waals surface area (Å²) in [7, 11) is -0.731. The van der Waals surface area contributed by atoms with Gasteiger partial charge in [0.1, 0.15) is 9.84 Å². The van der Waals surface area contributed by atoms with E-state index in [1.165, 1.54) is 31.9 Å². The maximum atomic E-state index is 10.9. The standard InChI is InChI=1S/C11H23NO2S2/c1-12-11-5-3-4-10(11)6-7-15-8-9-16(2,13)14/h10-12H,3-9H2,1-2H3. The minimum atomic E-state index is -2.77. The van der Waals surface area contributed by atoms with Crippen LogP contribution in [0.15, 0.2) is 0 Å².